The second kappa shape index (κ2) is 11.7. The fourth-order valence-electron chi connectivity index (χ4n) is 5.60. The maximum atomic E-state index is 13.9. The molecule has 2 aliphatic heterocycles. The molecule has 1 saturated heterocycles. The van der Waals surface area contributed by atoms with Gasteiger partial charge in [0.1, 0.15) is 12.1 Å². The van der Waals surface area contributed by atoms with Gasteiger partial charge in [-0.2, -0.15) is 5.10 Å². The predicted octanol–water partition coefficient (Wildman–Crippen LogP) is 3.07. The monoisotopic (exact) mass is 578 g/mol. The number of aromatic nitrogens is 3. The SMILES string of the molecule is Cc1ncsc1-c1ccc(CNC(=O)[C@@H]2C[C@@H](O)CN2C(=O)[C@@H](NC(=O)c2cnn3c2CCCC3)C(C)(C)C)cc1. The first-order chi connectivity index (χ1) is 19.5. The average Bonchev–Trinajstić information content (AvgIpc) is 3.67. The highest BCUT2D eigenvalue weighted by molar-refractivity contribution is 7.13. The molecule has 0 saturated carbocycles. The van der Waals surface area contributed by atoms with E-state index in [2.05, 4.69) is 20.7 Å². The Morgan fingerprint density at radius 1 is 1.17 bits per heavy atom. The van der Waals surface area contributed by atoms with Crippen molar-refractivity contribution >= 4 is 29.1 Å². The largest absolute Gasteiger partial charge is 0.391 e. The minimum absolute atomic E-state index is 0.0332. The number of carbonyl (C=O) groups is 3. The summed E-state index contributed by atoms with van der Waals surface area (Å²) >= 11 is 1.59. The van der Waals surface area contributed by atoms with Gasteiger partial charge in [0.05, 0.1) is 39.6 Å². The second-order valence-corrected chi connectivity index (χ2v) is 12.9. The van der Waals surface area contributed by atoms with Crippen molar-refractivity contribution < 1.29 is 19.5 Å². The third-order valence-electron chi connectivity index (χ3n) is 7.91. The molecule has 0 spiro atoms. The van der Waals surface area contributed by atoms with Crippen molar-refractivity contribution in [3.05, 3.63) is 58.5 Å². The van der Waals surface area contributed by atoms with E-state index < -0.39 is 23.6 Å². The first kappa shape index (κ1) is 28.9. The van der Waals surface area contributed by atoms with Crippen LogP contribution in [0, 0.1) is 12.3 Å². The number of nitrogens with one attached hydrogen (secondary N) is 2. The van der Waals surface area contributed by atoms with Crippen LogP contribution in [0.5, 0.6) is 0 Å². The lowest BCUT2D eigenvalue weighted by atomic mass is 9.85. The lowest BCUT2D eigenvalue weighted by molar-refractivity contribution is -0.142. The number of rotatable bonds is 7. The van der Waals surface area contributed by atoms with Crippen LogP contribution in [0.1, 0.15) is 67.3 Å². The summed E-state index contributed by atoms with van der Waals surface area (Å²) in [4.78, 5) is 47.4. The standard InChI is InChI=1S/C30H38N6O4S/c1-18-25(41-17-32-18)20-10-8-19(9-11-20)14-31-28(39)24-13-21(37)16-35(24)29(40)26(30(2,3)4)34-27(38)22-15-33-36-12-6-5-7-23(22)36/h8-11,15,17,21,24,26,37H,5-7,12-14,16H2,1-4H3,(H,31,39)(H,34,38)/t21-,24+,26-/m1/s1. The van der Waals surface area contributed by atoms with Gasteiger partial charge in [-0.05, 0) is 42.7 Å². The molecule has 10 nitrogen and oxygen atoms in total. The second-order valence-electron chi connectivity index (χ2n) is 12.0. The molecule has 0 aliphatic carbocycles. The number of aliphatic hydroxyl groups is 1. The summed E-state index contributed by atoms with van der Waals surface area (Å²) in [6.45, 7) is 8.71. The summed E-state index contributed by atoms with van der Waals surface area (Å²) in [6.07, 6.45) is 3.67. The van der Waals surface area contributed by atoms with E-state index in [4.69, 9.17) is 0 Å². The highest BCUT2D eigenvalue weighted by Crippen LogP contribution is 2.29. The molecule has 3 N–H and O–H groups in total. The number of likely N-dealkylation sites (tertiary alicyclic amines) is 1. The Morgan fingerprint density at radius 3 is 2.61 bits per heavy atom. The summed E-state index contributed by atoms with van der Waals surface area (Å²) < 4.78 is 1.86. The van der Waals surface area contributed by atoms with Gasteiger partial charge < -0.3 is 20.6 Å². The Balaban J connectivity index is 1.26. The molecule has 5 rings (SSSR count). The molecular weight excluding hydrogens is 540 g/mol. The molecule has 0 radical (unpaired) electrons. The number of β-amino-alcohol motifs (C(OH)–C–C–N with tert-alkyl or cyclic N) is 1. The first-order valence-corrected chi connectivity index (χ1v) is 15.0. The van der Waals surface area contributed by atoms with Gasteiger partial charge in [-0.15, -0.1) is 11.3 Å². The van der Waals surface area contributed by atoms with Crippen molar-refractivity contribution in [1.82, 2.24) is 30.3 Å². The van der Waals surface area contributed by atoms with Gasteiger partial charge in [0.2, 0.25) is 11.8 Å². The van der Waals surface area contributed by atoms with E-state index in [0.717, 1.165) is 53.2 Å². The maximum Gasteiger partial charge on any atom is 0.255 e. The van der Waals surface area contributed by atoms with Crippen molar-refractivity contribution in [2.45, 2.75) is 84.7 Å². The van der Waals surface area contributed by atoms with Gasteiger partial charge in [-0.1, -0.05) is 45.0 Å². The van der Waals surface area contributed by atoms with Crippen LogP contribution in [0.2, 0.25) is 0 Å². The van der Waals surface area contributed by atoms with Crippen molar-refractivity contribution in [3.63, 3.8) is 0 Å². The summed E-state index contributed by atoms with van der Waals surface area (Å²) in [6, 6.07) is 6.21. The minimum Gasteiger partial charge on any atom is -0.391 e. The Morgan fingerprint density at radius 2 is 1.93 bits per heavy atom. The molecule has 2 aromatic heterocycles. The van der Waals surface area contributed by atoms with E-state index in [1.165, 1.54) is 4.90 Å². The van der Waals surface area contributed by atoms with E-state index >= 15 is 0 Å². The lowest BCUT2D eigenvalue weighted by Crippen LogP contribution is -2.57. The van der Waals surface area contributed by atoms with E-state index in [0.29, 0.717) is 12.1 Å². The Hall–Kier alpha value is -3.57. The highest BCUT2D eigenvalue weighted by atomic mass is 32.1. The molecule has 1 aromatic carbocycles. The molecule has 3 amide bonds. The normalized spacial score (nSPS) is 19.5. The van der Waals surface area contributed by atoms with E-state index in [1.807, 2.05) is 62.2 Å². The topological polar surface area (TPSA) is 129 Å². The van der Waals surface area contributed by atoms with Crippen LogP contribution < -0.4 is 10.6 Å². The Bertz CT molecular complexity index is 1420. The van der Waals surface area contributed by atoms with Crippen molar-refractivity contribution in [2.24, 2.45) is 5.41 Å². The van der Waals surface area contributed by atoms with Crippen LogP contribution in [-0.4, -0.2) is 67.2 Å². The van der Waals surface area contributed by atoms with Crippen molar-refractivity contribution in [2.75, 3.05) is 6.54 Å². The van der Waals surface area contributed by atoms with Crippen LogP contribution in [-0.2, 0) is 29.1 Å². The van der Waals surface area contributed by atoms with Gasteiger partial charge in [-0.25, -0.2) is 4.98 Å². The smallest absolute Gasteiger partial charge is 0.255 e. The third-order valence-corrected chi connectivity index (χ3v) is 8.89. The van der Waals surface area contributed by atoms with E-state index in [1.54, 1.807) is 17.5 Å². The fraction of sp³-hybridized carbons (Fsp3) is 0.500. The fourth-order valence-corrected chi connectivity index (χ4v) is 6.41. The number of amides is 3. The van der Waals surface area contributed by atoms with Gasteiger partial charge in [0.15, 0.2) is 0 Å². The summed E-state index contributed by atoms with van der Waals surface area (Å²) in [5, 5.41) is 20.7. The molecule has 41 heavy (non-hydrogen) atoms. The van der Waals surface area contributed by atoms with Crippen LogP contribution in [0.3, 0.4) is 0 Å². The maximum absolute atomic E-state index is 13.9. The minimum atomic E-state index is -0.891. The molecule has 3 atom stereocenters. The van der Waals surface area contributed by atoms with Gasteiger partial charge in [-0.3, -0.25) is 19.1 Å². The van der Waals surface area contributed by atoms with Crippen molar-refractivity contribution in [3.8, 4) is 10.4 Å². The van der Waals surface area contributed by atoms with Gasteiger partial charge in [0.25, 0.3) is 5.91 Å². The number of carbonyl (C=O) groups excluding carboxylic acids is 3. The quantitative estimate of drug-likeness (QED) is 0.395. The van der Waals surface area contributed by atoms with E-state index in [-0.39, 0.29) is 30.7 Å². The average molecular weight is 579 g/mol. The zero-order valence-electron chi connectivity index (χ0n) is 24.0. The van der Waals surface area contributed by atoms with Gasteiger partial charge in [0, 0.05) is 26.1 Å². The van der Waals surface area contributed by atoms with Crippen LogP contribution in [0.15, 0.2) is 36.0 Å². The number of aryl methyl sites for hydroxylation is 2. The molecular formula is C30H38N6O4S. The highest BCUT2D eigenvalue weighted by Gasteiger charge is 2.44. The Kier molecular flexibility index (Phi) is 8.28. The number of hydrogen-bond donors (Lipinski definition) is 3. The summed E-state index contributed by atoms with van der Waals surface area (Å²) in [5.41, 5.74) is 5.54. The Labute approximate surface area is 244 Å². The summed E-state index contributed by atoms with van der Waals surface area (Å²) in [7, 11) is 0. The molecule has 2 aliphatic rings. The number of thiazole rings is 1. The molecule has 11 heteroatoms. The number of hydrogen-bond acceptors (Lipinski definition) is 7. The number of nitrogens with zero attached hydrogens (tertiary/aromatic N) is 4. The summed E-state index contributed by atoms with van der Waals surface area (Å²) in [5.74, 6) is -1.06. The predicted molar refractivity (Wildman–Crippen MR) is 156 cm³/mol. The third kappa shape index (κ3) is 6.20. The van der Waals surface area contributed by atoms with Crippen LogP contribution >= 0.6 is 11.3 Å². The zero-order valence-corrected chi connectivity index (χ0v) is 24.8. The molecule has 3 aromatic rings. The molecule has 0 unspecified atom stereocenters. The molecule has 4 heterocycles. The first-order valence-electron chi connectivity index (χ1n) is 14.1. The zero-order chi connectivity index (χ0) is 29.3. The lowest BCUT2D eigenvalue weighted by Gasteiger charge is -2.35. The number of aliphatic hydroxyl groups excluding tert-OH is 1. The molecule has 1 fully saturated rings. The number of benzene rings is 1. The van der Waals surface area contributed by atoms with E-state index in [9.17, 15) is 19.5 Å². The number of fused-ring (bicyclic) bond motifs is 1. The van der Waals surface area contributed by atoms with Gasteiger partial charge >= 0.3 is 0 Å². The molecule has 0 bridgehead atoms. The molecule has 218 valence electrons. The van der Waals surface area contributed by atoms with Crippen LogP contribution in [0.25, 0.3) is 10.4 Å². The van der Waals surface area contributed by atoms with Crippen LogP contribution in [0.4, 0.5) is 0 Å². The van der Waals surface area contributed by atoms with Crippen molar-refractivity contribution in [1.29, 1.82) is 0 Å².